The summed E-state index contributed by atoms with van der Waals surface area (Å²) in [7, 11) is 0. The summed E-state index contributed by atoms with van der Waals surface area (Å²) in [6, 6.07) is 4.50. The summed E-state index contributed by atoms with van der Waals surface area (Å²) in [6.45, 7) is 12.6. The highest BCUT2D eigenvalue weighted by Gasteiger charge is 2.18. The Labute approximate surface area is 161 Å². The maximum absolute atomic E-state index is 9.59. The van der Waals surface area contributed by atoms with Gasteiger partial charge in [-0.25, -0.2) is 9.97 Å². The maximum atomic E-state index is 9.59. The van der Waals surface area contributed by atoms with Crippen molar-refractivity contribution in [3.63, 3.8) is 0 Å². The van der Waals surface area contributed by atoms with E-state index in [-0.39, 0.29) is 12.6 Å². The first-order valence-electron chi connectivity index (χ1n) is 9.73. The number of aromatic nitrogens is 3. The number of aryl methyl sites for hydroxylation is 5. The Morgan fingerprint density at radius 3 is 2.26 bits per heavy atom. The molecular weight excluding hydrogens is 336 g/mol. The highest BCUT2D eigenvalue weighted by atomic mass is 16.3. The van der Waals surface area contributed by atoms with E-state index >= 15 is 0 Å². The molecule has 0 saturated carbocycles. The number of hydrogen-bond donors (Lipinski definition) is 2. The first kappa shape index (κ1) is 19.4. The highest BCUT2D eigenvalue weighted by Crippen LogP contribution is 2.31. The maximum Gasteiger partial charge on any atom is 0.150 e. The Balaban J connectivity index is 2.24. The molecule has 0 amide bonds. The summed E-state index contributed by atoms with van der Waals surface area (Å²) in [5.74, 6) is 1.52. The Morgan fingerprint density at radius 2 is 1.70 bits per heavy atom. The molecule has 2 N–H and O–H groups in total. The van der Waals surface area contributed by atoms with Gasteiger partial charge in [0.2, 0.25) is 0 Å². The van der Waals surface area contributed by atoms with Crippen molar-refractivity contribution < 1.29 is 5.11 Å². The van der Waals surface area contributed by atoms with Gasteiger partial charge >= 0.3 is 0 Å². The van der Waals surface area contributed by atoms with E-state index in [1.165, 1.54) is 22.4 Å². The van der Waals surface area contributed by atoms with Crippen LogP contribution in [0.1, 0.15) is 48.3 Å². The van der Waals surface area contributed by atoms with Crippen molar-refractivity contribution in [2.45, 2.75) is 60.4 Å². The summed E-state index contributed by atoms with van der Waals surface area (Å²) in [5.41, 5.74) is 7.06. The molecule has 0 aliphatic rings. The van der Waals surface area contributed by atoms with Crippen LogP contribution in [0.3, 0.4) is 0 Å². The van der Waals surface area contributed by atoms with Gasteiger partial charge < -0.3 is 15.0 Å². The minimum atomic E-state index is -0.0161. The van der Waals surface area contributed by atoms with E-state index in [4.69, 9.17) is 4.98 Å². The second-order valence-corrected chi connectivity index (χ2v) is 7.36. The lowest BCUT2D eigenvalue weighted by Crippen LogP contribution is -2.23. The zero-order valence-electron chi connectivity index (χ0n) is 17.2. The van der Waals surface area contributed by atoms with Gasteiger partial charge in [-0.1, -0.05) is 26.0 Å². The topological polar surface area (TPSA) is 63.0 Å². The van der Waals surface area contributed by atoms with Crippen molar-refractivity contribution in [3.8, 4) is 5.69 Å². The summed E-state index contributed by atoms with van der Waals surface area (Å²) in [5, 5.41) is 14.0. The van der Waals surface area contributed by atoms with Crippen LogP contribution in [0.2, 0.25) is 0 Å². The van der Waals surface area contributed by atoms with Crippen LogP contribution in [-0.2, 0) is 6.42 Å². The van der Waals surface area contributed by atoms with E-state index < -0.39 is 0 Å². The van der Waals surface area contributed by atoms with Crippen LogP contribution in [0.5, 0.6) is 0 Å². The lowest BCUT2D eigenvalue weighted by Gasteiger charge is -2.17. The molecule has 0 spiro atoms. The molecule has 5 nitrogen and oxygen atoms in total. The largest absolute Gasteiger partial charge is 0.394 e. The number of nitrogens with zero attached hydrogens (tertiary/aromatic N) is 3. The predicted molar refractivity (Wildman–Crippen MR) is 112 cm³/mol. The normalized spacial score (nSPS) is 12.6. The van der Waals surface area contributed by atoms with Crippen LogP contribution in [0, 0.1) is 27.7 Å². The SMILES string of the molecule is CCc1cc(C)c(-n2cc(C)c3c(NC(CC)CO)nc(C)nc32)c(C)c1. The Kier molecular flexibility index (Phi) is 5.51. The van der Waals surface area contributed by atoms with Gasteiger partial charge in [-0.3, -0.25) is 0 Å². The average Bonchev–Trinajstić information content (AvgIpc) is 2.95. The van der Waals surface area contributed by atoms with Crippen LogP contribution < -0.4 is 5.32 Å². The second kappa shape index (κ2) is 7.69. The van der Waals surface area contributed by atoms with Crippen molar-refractivity contribution in [2.24, 2.45) is 0 Å². The van der Waals surface area contributed by atoms with Crippen molar-refractivity contribution in [2.75, 3.05) is 11.9 Å². The first-order chi connectivity index (χ1) is 12.9. The van der Waals surface area contributed by atoms with Crippen LogP contribution in [0.15, 0.2) is 18.3 Å². The lowest BCUT2D eigenvalue weighted by atomic mass is 10.0. The molecule has 0 bridgehead atoms. The second-order valence-electron chi connectivity index (χ2n) is 7.36. The number of rotatable bonds is 6. The predicted octanol–water partition coefficient (Wildman–Crippen LogP) is 4.40. The first-order valence-corrected chi connectivity index (χ1v) is 9.73. The quantitative estimate of drug-likeness (QED) is 0.679. The fourth-order valence-corrected chi connectivity index (χ4v) is 3.79. The van der Waals surface area contributed by atoms with E-state index in [0.29, 0.717) is 0 Å². The number of anilines is 1. The van der Waals surface area contributed by atoms with Gasteiger partial charge in [-0.2, -0.15) is 0 Å². The molecule has 0 radical (unpaired) electrons. The monoisotopic (exact) mass is 366 g/mol. The molecule has 0 aliphatic carbocycles. The number of aliphatic hydroxyl groups is 1. The smallest absolute Gasteiger partial charge is 0.150 e. The van der Waals surface area contributed by atoms with Gasteiger partial charge in [-0.15, -0.1) is 0 Å². The minimum Gasteiger partial charge on any atom is -0.394 e. The van der Waals surface area contributed by atoms with E-state index in [1.807, 2.05) is 6.92 Å². The Hall–Kier alpha value is -2.40. The van der Waals surface area contributed by atoms with Crippen molar-refractivity contribution >= 4 is 16.9 Å². The van der Waals surface area contributed by atoms with E-state index in [0.717, 1.165) is 41.1 Å². The molecule has 1 unspecified atom stereocenters. The molecule has 0 saturated heterocycles. The molecule has 144 valence electrons. The molecule has 2 heterocycles. The average molecular weight is 367 g/mol. The molecule has 5 heteroatoms. The zero-order chi connectivity index (χ0) is 19.7. The number of aliphatic hydroxyl groups excluding tert-OH is 1. The number of benzene rings is 1. The molecular formula is C22H30N4O. The highest BCUT2D eigenvalue weighted by molar-refractivity contribution is 5.92. The molecule has 0 aliphatic heterocycles. The molecule has 1 aromatic carbocycles. The van der Waals surface area contributed by atoms with Crippen molar-refractivity contribution in [3.05, 3.63) is 46.4 Å². The van der Waals surface area contributed by atoms with Crippen LogP contribution in [-0.4, -0.2) is 32.3 Å². The molecule has 1 atom stereocenters. The summed E-state index contributed by atoms with van der Waals surface area (Å²) in [6.07, 6.45) is 4.00. The molecule has 3 aromatic rings. The van der Waals surface area contributed by atoms with Crippen molar-refractivity contribution in [1.82, 2.24) is 14.5 Å². The standard InChI is InChI=1S/C22H30N4O/c1-7-17-9-13(3)20(14(4)10-17)26-11-15(5)19-21(25-18(8-2)12-27)23-16(6)24-22(19)26/h9-11,18,27H,7-8,12H2,1-6H3,(H,23,24,25). The van der Waals surface area contributed by atoms with Gasteiger partial charge in [0.25, 0.3) is 0 Å². The third-order valence-electron chi connectivity index (χ3n) is 5.20. The van der Waals surface area contributed by atoms with E-state index in [2.05, 4.69) is 67.8 Å². The third-order valence-corrected chi connectivity index (χ3v) is 5.20. The van der Waals surface area contributed by atoms with Gasteiger partial charge in [0.1, 0.15) is 11.6 Å². The zero-order valence-corrected chi connectivity index (χ0v) is 17.2. The molecule has 2 aromatic heterocycles. The lowest BCUT2D eigenvalue weighted by molar-refractivity contribution is 0.271. The number of nitrogens with one attached hydrogen (secondary N) is 1. The minimum absolute atomic E-state index is 0.0161. The fraction of sp³-hybridized carbons (Fsp3) is 0.455. The van der Waals surface area contributed by atoms with E-state index in [9.17, 15) is 5.11 Å². The van der Waals surface area contributed by atoms with Gasteiger partial charge in [0.05, 0.1) is 23.7 Å². The van der Waals surface area contributed by atoms with Gasteiger partial charge in [0, 0.05) is 6.20 Å². The van der Waals surface area contributed by atoms with Gasteiger partial charge in [-0.05, 0) is 62.8 Å². The number of hydrogen-bond acceptors (Lipinski definition) is 4. The Bertz CT molecular complexity index is 947. The summed E-state index contributed by atoms with van der Waals surface area (Å²) < 4.78 is 2.19. The Morgan fingerprint density at radius 1 is 1.04 bits per heavy atom. The molecule has 27 heavy (non-hydrogen) atoms. The van der Waals surface area contributed by atoms with Crippen LogP contribution >= 0.6 is 0 Å². The van der Waals surface area contributed by atoms with Crippen LogP contribution in [0.4, 0.5) is 5.82 Å². The fourth-order valence-electron chi connectivity index (χ4n) is 3.79. The third kappa shape index (κ3) is 3.56. The number of fused-ring (bicyclic) bond motifs is 1. The summed E-state index contributed by atoms with van der Waals surface area (Å²) >= 11 is 0. The molecule has 3 rings (SSSR count). The van der Waals surface area contributed by atoms with Gasteiger partial charge in [0.15, 0.2) is 5.65 Å². The van der Waals surface area contributed by atoms with Crippen molar-refractivity contribution in [1.29, 1.82) is 0 Å². The summed E-state index contributed by atoms with van der Waals surface area (Å²) in [4.78, 5) is 9.40. The van der Waals surface area contributed by atoms with E-state index in [1.54, 1.807) is 0 Å². The molecule has 0 fully saturated rings. The van der Waals surface area contributed by atoms with Crippen LogP contribution in [0.25, 0.3) is 16.7 Å².